The van der Waals surface area contributed by atoms with Gasteiger partial charge in [0.2, 0.25) is 5.82 Å². The highest BCUT2D eigenvalue weighted by molar-refractivity contribution is 6.30. The summed E-state index contributed by atoms with van der Waals surface area (Å²) in [5.41, 5.74) is 1.58. The number of nitrogens with one attached hydrogen (secondary N) is 2. The van der Waals surface area contributed by atoms with Gasteiger partial charge in [-0.2, -0.15) is 0 Å². The number of H-pyrrole nitrogens is 1. The number of carbonyl (C=O) groups excluding carboxylic acids is 1. The summed E-state index contributed by atoms with van der Waals surface area (Å²) in [6, 6.07) is 5.24. The first-order chi connectivity index (χ1) is 8.06. The molecule has 2 N–H and O–H groups in total. The fraction of sp³-hybridized carbons (Fsp3) is 0.182. The van der Waals surface area contributed by atoms with Crippen LogP contribution >= 0.6 is 11.6 Å². The zero-order valence-electron chi connectivity index (χ0n) is 9.41. The molecule has 0 unspecified atom stereocenters. The van der Waals surface area contributed by atoms with Crippen molar-refractivity contribution in [1.29, 1.82) is 0 Å². The number of aromatic amines is 1. The summed E-state index contributed by atoms with van der Waals surface area (Å²) in [5.74, 6) is 0.375. The molecule has 17 heavy (non-hydrogen) atoms. The van der Waals surface area contributed by atoms with Gasteiger partial charge in [0.15, 0.2) is 0 Å². The van der Waals surface area contributed by atoms with Gasteiger partial charge in [0, 0.05) is 10.7 Å². The maximum atomic E-state index is 11.8. The van der Waals surface area contributed by atoms with Gasteiger partial charge in [-0.15, -0.1) is 5.10 Å². The van der Waals surface area contributed by atoms with E-state index < -0.39 is 0 Å². The predicted octanol–water partition coefficient (Wildman–Crippen LogP) is 2.33. The van der Waals surface area contributed by atoms with Gasteiger partial charge in [-0.1, -0.05) is 11.6 Å². The molecule has 2 aromatic rings. The lowest BCUT2D eigenvalue weighted by Gasteiger charge is -2.06. The predicted molar refractivity (Wildman–Crippen MR) is 65.3 cm³/mol. The number of benzene rings is 1. The molecule has 0 spiro atoms. The molecule has 0 atom stereocenters. The standard InChI is InChI=1S/C11H11ClN4O/c1-6-5-8(12)3-4-9(6)14-11(17)10-13-7(2)15-16-10/h3-5H,1-2H3,(H,14,17)(H,13,15,16). The minimum Gasteiger partial charge on any atom is -0.319 e. The van der Waals surface area contributed by atoms with Crippen molar-refractivity contribution in [3.63, 3.8) is 0 Å². The van der Waals surface area contributed by atoms with E-state index in [-0.39, 0.29) is 11.7 Å². The number of nitrogens with zero attached hydrogens (tertiary/aromatic N) is 2. The van der Waals surface area contributed by atoms with Gasteiger partial charge in [0.25, 0.3) is 5.91 Å². The number of rotatable bonds is 2. The third-order valence-electron chi connectivity index (χ3n) is 2.24. The Kier molecular flexibility index (Phi) is 3.10. The van der Waals surface area contributed by atoms with Crippen LogP contribution in [-0.2, 0) is 0 Å². The van der Waals surface area contributed by atoms with Crippen LogP contribution in [0.4, 0.5) is 5.69 Å². The van der Waals surface area contributed by atoms with E-state index in [9.17, 15) is 4.79 Å². The molecule has 0 saturated heterocycles. The first-order valence-corrected chi connectivity index (χ1v) is 5.40. The van der Waals surface area contributed by atoms with Gasteiger partial charge in [-0.05, 0) is 37.6 Å². The van der Waals surface area contributed by atoms with Crippen molar-refractivity contribution in [2.24, 2.45) is 0 Å². The van der Waals surface area contributed by atoms with Crippen molar-refractivity contribution in [2.45, 2.75) is 13.8 Å². The molecular formula is C11H11ClN4O. The number of halogens is 1. The topological polar surface area (TPSA) is 70.7 Å². The molecule has 6 heteroatoms. The quantitative estimate of drug-likeness (QED) is 0.859. The lowest BCUT2D eigenvalue weighted by atomic mass is 10.2. The third-order valence-corrected chi connectivity index (χ3v) is 2.47. The molecule has 5 nitrogen and oxygen atoms in total. The molecule has 1 amide bonds. The normalized spacial score (nSPS) is 10.3. The highest BCUT2D eigenvalue weighted by Crippen LogP contribution is 2.19. The minimum atomic E-state index is -0.347. The molecule has 0 aliphatic heterocycles. The molecule has 0 aliphatic carbocycles. The summed E-state index contributed by atoms with van der Waals surface area (Å²) in [4.78, 5) is 15.7. The van der Waals surface area contributed by atoms with Gasteiger partial charge in [-0.3, -0.25) is 9.89 Å². The summed E-state index contributed by atoms with van der Waals surface area (Å²) in [6.07, 6.45) is 0. The Hall–Kier alpha value is -1.88. The van der Waals surface area contributed by atoms with Gasteiger partial charge in [0.1, 0.15) is 5.82 Å². The van der Waals surface area contributed by atoms with Crippen LogP contribution in [0.1, 0.15) is 22.0 Å². The Morgan fingerprint density at radius 2 is 2.18 bits per heavy atom. The van der Waals surface area contributed by atoms with Crippen LogP contribution in [-0.4, -0.2) is 21.1 Å². The van der Waals surface area contributed by atoms with Crippen molar-refractivity contribution in [1.82, 2.24) is 15.2 Å². The van der Waals surface area contributed by atoms with E-state index in [1.165, 1.54) is 0 Å². The second-order valence-corrected chi connectivity index (χ2v) is 4.09. The van der Waals surface area contributed by atoms with Crippen molar-refractivity contribution in [3.8, 4) is 0 Å². The van der Waals surface area contributed by atoms with Gasteiger partial charge in [-0.25, -0.2) is 4.98 Å². The monoisotopic (exact) mass is 250 g/mol. The summed E-state index contributed by atoms with van der Waals surface area (Å²) < 4.78 is 0. The molecule has 1 aromatic heterocycles. The number of hydrogen-bond donors (Lipinski definition) is 2. The molecule has 0 radical (unpaired) electrons. The SMILES string of the molecule is Cc1nc(C(=O)Nc2ccc(Cl)cc2C)n[nH]1. The van der Waals surface area contributed by atoms with Crippen LogP contribution in [0.5, 0.6) is 0 Å². The Labute approximate surface area is 103 Å². The van der Waals surface area contributed by atoms with Crippen molar-refractivity contribution < 1.29 is 4.79 Å². The molecule has 0 bridgehead atoms. The van der Waals surface area contributed by atoms with E-state index in [2.05, 4.69) is 20.5 Å². The Morgan fingerprint density at radius 1 is 1.41 bits per heavy atom. The van der Waals surface area contributed by atoms with Gasteiger partial charge >= 0.3 is 0 Å². The molecular weight excluding hydrogens is 240 g/mol. The second kappa shape index (κ2) is 4.55. The Balaban J connectivity index is 2.18. The zero-order valence-corrected chi connectivity index (χ0v) is 10.2. The van der Waals surface area contributed by atoms with E-state index in [4.69, 9.17) is 11.6 Å². The number of amides is 1. The highest BCUT2D eigenvalue weighted by Gasteiger charge is 2.12. The number of anilines is 1. The lowest BCUT2D eigenvalue weighted by Crippen LogP contribution is -2.14. The molecule has 1 aromatic carbocycles. The van der Waals surface area contributed by atoms with Crippen LogP contribution in [0.2, 0.25) is 5.02 Å². The smallest absolute Gasteiger partial charge is 0.295 e. The van der Waals surface area contributed by atoms with Crippen LogP contribution in [0.3, 0.4) is 0 Å². The van der Waals surface area contributed by atoms with Gasteiger partial charge in [0.05, 0.1) is 0 Å². The number of hydrogen-bond acceptors (Lipinski definition) is 3. The fourth-order valence-electron chi connectivity index (χ4n) is 1.39. The lowest BCUT2D eigenvalue weighted by molar-refractivity contribution is 0.101. The van der Waals surface area contributed by atoms with E-state index in [0.29, 0.717) is 16.5 Å². The zero-order chi connectivity index (χ0) is 12.4. The van der Waals surface area contributed by atoms with Crippen LogP contribution < -0.4 is 5.32 Å². The van der Waals surface area contributed by atoms with E-state index in [1.54, 1.807) is 25.1 Å². The van der Waals surface area contributed by atoms with E-state index in [0.717, 1.165) is 5.56 Å². The average molecular weight is 251 g/mol. The first kappa shape index (κ1) is 11.6. The van der Waals surface area contributed by atoms with Crippen molar-refractivity contribution in [2.75, 3.05) is 5.32 Å². The van der Waals surface area contributed by atoms with Crippen molar-refractivity contribution in [3.05, 3.63) is 40.4 Å². The molecule has 0 aliphatic rings. The van der Waals surface area contributed by atoms with Crippen LogP contribution in [0.15, 0.2) is 18.2 Å². The largest absolute Gasteiger partial charge is 0.319 e. The highest BCUT2D eigenvalue weighted by atomic mass is 35.5. The number of aromatic nitrogens is 3. The molecule has 2 rings (SSSR count). The maximum absolute atomic E-state index is 11.8. The molecule has 1 heterocycles. The van der Waals surface area contributed by atoms with Gasteiger partial charge < -0.3 is 5.32 Å². The maximum Gasteiger partial charge on any atom is 0.295 e. The third kappa shape index (κ3) is 2.62. The number of aryl methyl sites for hydroxylation is 2. The Bertz CT molecular complexity index is 564. The number of carbonyl (C=O) groups is 1. The molecule has 0 saturated carbocycles. The van der Waals surface area contributed by atoms with Crippen LogP contribution in [0, 0.1) is 13.8 Å². The summed E-state index contributed by atoms with van der Waals surface area (Å²) >= 11 is 5.83. The minimum absolute atomic E-state index is 0.122. The average Bonchev–Trinajstić information content (AvgIpc) is 2.69. The molecule has 0 fully saturated rings. The first-order valence-electron chi connectivity index (χ1n) is 5.03. The summed E-state index contributed by atoms with van der Waals surface area (Å²) in [7, 11) is 0. The van der Waals surface area contributed by atoms with E-state index >= 15 is 0 Å². The summed E-state index contributed by atoms with van der Waals surface area (Å²) in [5, 5.41) is 9.76. The molecule has 88 valence electrons. The fourth-order valence-corrected chi connectivity index (χ4v) is 1.62. The van der Waals surface area contributed by atoms with E-state index in [1.807, 2.05) is 6.92 Å². The summed E-state index contributed by atoms with van der Waals surface area (Å²) in [6.45, 7) is 3.60. The van der Waals surface area contributed by atoms with Crippen molar-refractivity contribution >= 4 is 23.2 Å². The van der Waals surface area contributed by atoms with Crippen LogP contribution in [0.25, 0.3) is 0 Å². The second-order valence-electron chi connectivity index (χ2n) is 3.66. The Morgan fingerprint density at radius 3 is 2.76 bits per heavy atom.